The van der Waals surface area contributed by atoms with Gasteiger partial charge in [-0.3, -0.25) is 4.79 Å². The van der Waals surface area contributed by atoms with Gasteiger partial charge in [0.1, 0.15) is 5.76 Å². The van der Waals surface area contributed by atoms with Crippen LogP contribution in [0, 0.1) is 6.92 Å². The summed E-state index contributed by atoms with van der Waals surface area (Å²) < 4.78 is 10.8. The van der Waals surface area contributed by atoms with Crippen molar-refractivity contribution in [3.63, 3.8) is 0 Å². The van der Waals surface area contributed by atoms with Crippen LogP contribution in [0.3, 0.4) is 0 Å². The van der Waals surface area contributed by atoms with Crippen LogP contribution in [0.15, 0.2) is 16.7 Å². The molecule has 18 heavy (non-hydrogen) atoms. The first-order chi connectivity index (χ1) is 8.63. The van der Waals surface area contributed by atoms with Crippen molar-refractivity contribution in [2.45, 2.75) is 24.2 Å². The molecule has 2 fully saturated rings. The maximum Gasteiger partial charge on any atom is 0.257 e. The van der Waals surface area contributed by atoms with Gasteiger partial charge in [-0.2, -0.15) is 0 Å². The van der Waals surface area contributed by atoms with Crippen molar-refractivity contribution >= 4 is 17.7 Å². The zero-order chi connectivity index (χ0) is 12.8. The van der Waals surface area contributed by atoms with Crippen LogP contribution < -0.4 is 0 Å². The lowest BCUT2D eigenvalue weighted by molar-refractivity contribution is 0.0450. The number of rotatable bonds is 2. The molecular weight excluding hydrogens is 250 g/mol. The van der Waals surface area contributed by atoms with Gasteiger partial charge in [-0.15, -0.1) is 11.8 Å². The number of thioether (sulfide) groups is 1. The van der Waals surface area contributed by atoms with Gasteiger partial charge < -0.3 is 14.1 Å². The molecular formula is C13H17NO3S. The summed E-state index contributed by atoms with van der Waals surface area (Å²) in [6.07, 6.45) is 2.98. The summed E-state index contributed by atoms with van der Waals surface area (Å²) in [7, 11) is 1.76. The van der Waals surface area contributed by atoms with E-state index in [4.69, 9.17) is 9.15 Å². The quantitative estimate of drug-likeness (QED) is 0.821. The van der Waals surface area contributed by atoms with Crippen molar-refractivity contribution in [2.75, 3.05) is 26.0 Å². The monoisotopic (exact) mass is 267 g/mol. The predicted molar refractivity (Wildman–Crippen MR) is 70.0 cm³/mol. The second kappa shape index (κ2) is 4.31. The zero-order valence-electron chi connectivity index (χ0n) is 10.6. The number of ether oxygens (including phenoxy) is 1. The number of furan rings is 1. The molecule has 2 saturated heterocycles. The van der Waals surface area contributed by atoms with E-state index in [1.165, 1.54) is 0 Å². The largest absolute Gasteiger partial charge is 0.469 e. The van der Waals surface area contributed by atoms with E-state index in [0.717, 1.165) is 25.3 Å². The highest BCUT2D eigenvalue weighted by Crippen LogP contribution is 2.46. The van der Waals surface area contributed by atoms with Gasteiger partial charge >= 0.3 is 0 Å². The van der Waals surface area contributed by atoms with Gasteiger partial charge in [0.2, 0.25) is 0 Å². The number of methoxy groups -OCH3 is 1. The van der Waals surface area contributed by atoms with Crippen LogP contribution in [0.2, 0.25) is 0 Å². The molecule has 3 heterocycles. The Hall–Kier alpha value is -0.940. The summed E-state index contributed by atoms with van der Waals surface area (Å²) in [4.78, 5) is 14.1. The van der Waals surface area contributed by atoms with E-state index >= 15 is 0 Å². The molecule has 1 atom stereocenters. The second-order valence-corrected chi connectivity index (χ2v) is 6.60. The fraction of sp³-hybridized carbons (Fsp3) is 0.615. The molecule has 0 N–H and O–H groups in total. The van der Waals surface area contributed by atoms with Gasteiger partial charge in [0.15, 0.2) is 0 Å². The molecule has 1 unspecified atom stereocenters. The van der Waals surface area contributed by atoms with Crippen molar-refractivity contribution < 1.29 is 13.9 Å². The van der Waals surface area contributed by atoms with Crippen molar-refractivity contribution in [2.24, 2.45) is 0 Å². The standard InChI is InChI=1S/C13H17NO3S/c1-9-11(3-4-17-9)12(15)14-7-13(8-14)5-10(16-2)6-18-13/h3-4,10H,5-8H2,1-2H3. The minimum absolute atomic E-state index is 0.0911. The lowest BCUT2D eigenvalue weighted by Gasteiger charge is -2.47. The molecule has 1 aromatic rings. The van der Waals surface area contributed by atoms with Gasteiger partial charge in [-0.1, -0.05) is 0 Å². The highest BCUT2D eigenvalue weighted by Gasteiger charge is 2.51. The van der Waals surface area contributed by atoms with Crippen LogP contribution in [0.5, 0.6) is 0 Å². The normalized spacial score (nSPS) is 25.4. The molecule has 3 rings (SSSR count). The Morgan fingerprint density at radius 1 is 1.61 bits per heavy atom. The number of aryl methyl sites for hydroxylation is 1. The molecule has 4 nitrogen and oxygen atoms in total. The number of carbonyl (C=O) groups is 1. The first-order valence-electron chi connectivity index (χ1n) is 6.14. The number of likely N-dealkylation sites (tertiary alicyclic amines) is 1. The van der Waals surface area contributed by atoms with Crippen molar-refractivity contribution in [1.29, 1.82) is 0 Å². The summed E-state index contributed by atoms with van der Waals surface area (Å²) in [5.41, 5.74) is 0.691. The minimum atomic E-state index is 0.0911. The van der Waals surface area contributed by atoms with Gasteiger partial charge in [0, 0.05) is 26.0 Å². The molecule has 1 amide bonds. The first kappa shape index (κ1) is 12.1. The summed E-state index contributed by atoms with van der Waals surface area (Å²) >= 11 is 1.94. The Morgan fingerprint density at radius 3 is 2.94 bits per heavy atom. The number of amides is 1. The first-order valence-corrected chi connectivity index (χ1v) is 7.12. The van der Waals surface area contributed by atoms with Crippen molar-refractivity contribution in [3.05, 3.63) is 23.7 Å². The molecule has 2 aliphatic rings. The Balaban J connectivity index is 1.63. The Labute approximate surface area is 111 Å². The van der Waals surface area contributed by atoms with Gasteiger partial charge in [0.25, 0.3) is 5.91 Å². The van der Waals surface area contributed by atoms with Gasteiger partial charge in [-0.05, 0) is 19.4 Å². The highest BCUT2D eigenvalue weighted by molar-refractivity contribution is 8.01. The van der Waals surface area contributed by atoms with Crippen molar-refractivity contribution in [3.8, 4) is 0 Å². The third kappa shape index (κ3) is 1.86. The van der Waals surface area contributed by atoms with Crippen LogP contribution in [-0.2, 0) is 4.74 Å². The molecule has 0 bridgehead atoms. The van der Waals surface area contributed by atoms with E-state index in [-0.39, 0.29) is 10.7 Å². The van der Waals surface area contributed by atoms with Crippen LogP contribution in [0.4, 0.5) is 0 Å². The molecule has 1 spiro atoms. The lowest BCUT2D eigenvalue weighted by Crippen LogP contribution is -2.60. The smallest absolute Gasteiger partial charge is 0.257 e. The summed E-state index contributed by atoms with van der Waals surface area (Å²) in [5, 5.41) is 0. The van der Waals surface area contributed by atoms with Gasteiger partial charge in [-0.25, -0.2) is 0 Å². The topological polar surface area (TPSA) is 42.7 Å². The number of hydrogen-bond acceptors (Lipinski definition) is 4. The molecule has 1 aromatic heterocycles. The maximum atomic E-state index is 12.2. The predicted octanol–water partition coefficient (Wildman–Crippen LogP) is 1.93. The van der Waals surface area contributed by atoms with Crippen LogP contribution in [-0.4, -0.2) is 47.6 Å². The fourth-order valence-corrected chi connectivity index (χ4v) is 4.34. The Morgan fingerprint density at radius 2 is 2.39 bits per heavy atom. The molecule has 2 aliphatic heterocycles. The number of hydrogen-bond donors (Lipinski definition) is 0. The van der Waals surface area contributed by atoms with E-state index in [0.29, 0.717) is 17.4 Å². The summed E-state index contributed by atoms with van der Waals surface area (Å²) in [6.45, 7) is 3.50. The van der Waals surface area contributed by atoms with Crippen LogP contribution in [0.25, 0.3) is 0 Å². The summed E-state index contributed by atoms with van der Waals surface area (Å²) in [6, 6.07) is 1.75. The lowest BCUT2D eigenvalue weighted by atomic mass is 9.92. The Kier molecular flexibility index (Phi) is 2.90. The third-order valence-corrected chi connectivity index (χ3v) is 5.42. The Bertz CT molecular complexity index is 465. The number of nitrogens with zero attached hydrogens (tertiary/aromatic N) is 1. The molecule has 0 aromatic carbocycles. The maximum absolute atomic E-state index is 12.2. The zero-order valence-corrected chi connectivity index (χ0v) is 11.5. The van der Waals surface area contributed by atoms with Crippen LogP contribution >= 0.6 is 11.8 Å². The average Bonchev–Trinajstić information content (AvgIpc) is 2.92. The number of carbonyl (C=O) groups excluding carboxylic acids is 1. The molecule has 0 aliphatic carbocycles. The van der Waals surface area contributed by atoms with Crippen molar-refractivity contribution in [1.82, 2.24) is 4.90 Å². The van der Waals surface area contributed by atoms with E-state index in [2.05, 4.69) is 0 Å². The van der Waals surface area contributed by atoms with Crippen LogP contribution in [0.1, 0.15) is 22.5 Å². The molecule has 5 heteroatoms. The van der Waals surface area contributed by atoms with E-state index in [1.54, 1.807) is 19.4 Å². The summed E-state index contributed by atoms with van der Waals surface area (Å²) in [5.74, 6) is 1.84. The molecule has 0 saturated carbocycles. The van der Waals surface area contributed by atoms with E-state index in [9.17, 15) is 4.79 Å². The fourth-order valence-electron chi connectivity index (χ4n) is 2.74. The minimum Gasteiger partial charge on any atom is -0.469 e. The third-order valence-electron chi connectivity index (χ3n) is 3.84. The SMILES string of the molecule is COC1CSC2(C1)CN(C(=O)c1ccoc1C)C2. The average molecular weight is 267 g/mol. The van der Waals surface area contributed by atoms with E-state index < -0.39 is 0 Å². The molecule has 0 radical (unpaired) electrons. The van der Waals surface area contributed by atoms with Gasteiger partial charge in [0.05, 0.1) is 22.7 Å². The highest BCUT2D eigenvalue weighted by atomic mass is 32.2. The molecule has 98 valence electrons. The second-order valence-electron chi connectivity index (χ2n) is 5.11. The van der Waals surface area contributed by atoms with E-state index in [1.807, 2.05) is 23.6 Å².